The number of anilines is 2. The lowest BCUT2D eigenvalue weighted by atomic mass is 9.87. The standard InChI is InChI=1S/C37H41FN6O7S/c38-35-28-18-25(1-2-26(28)19-31(45)36(35)44-20-33(47)40-52(44,50)51)23-9-14-42(15-10-23)34(48)21-41-12-7-22(8-13-41)24-3-4-29-27(17-24)11-16-43(29)30-5-6-32(46)39-37(30)49/h1-4,17-19,22-23,30,45H,5-16,20-21H2,(H,40,47)(H,39,46,49). The van der Waals surface area contributed by atoms with Gasteiger partial charge in [0.2, 0.25) is 17.7 Å². The van der Waals surface area contributed by atoms with E-state index in [1.807, 2.05) is 11.0 Å². The zero-order chi connectivity index (χ0) is 36.3. The van der Waals surface area contributed by atoms with Gasteiger partial charge in [-0.2, -0.15) is 8.42 Å². The SMILES string of the molecule is O=C1CCC(N2CCc3cc(C4CCN(CC(=O)N5CCC(c6ccc7cc(O)c(N8CC(=O)NS8(=O)=O)c(F)c7c6)CC5)CC4)ccc32)C(=O)N1. The predicted octanol–water partition coefficient (Wildman–Crippen LogP) is 2.62. The summed E-state index contributed by atoms with van der Waals surface area (Å²) in [5, 5.41) is 13.5. The van der Waals surface area contributed by atoms with Crippen LogP contribution in [0.15, 0.2) is 42.5 Å². The summed E-state index contributed by atoms with van der Waals surface area (Å²) >= 11 is 0. The molecule has 4 amide bonds. The highest BCUT2D eigenvalue weighted by molar-refractivity contribution is 7.92. The molecular weight excluding hydrogens is 692 g/mol. The molecule has 0 bridgehead atoms. The molecule has 3 aromatic carbocycles. The highest BCUT2D eigenvalue weighted by atomic mass is 32.2. The first-order chi connectivity index (χ1) is 24.9. The number of imide groups is 1. The van der Waals surface area contributed by atoms with Crippen LogP contribution >= 0.6 is 0 Å². The Bertz CT molecular complexity index is 2100. The summed E-state index contributed by atoms with van der Waals surface area (Å²) < 4.78 is 42.9. The van der Waals surface area contributed by atoms with Crippen LogP contribution in [0.1, 0.15) is 67.1 Å². The summed E-state index contributed by atoms with van der Waals surface area (Å²) in [5.41, 5.74) is 3.93. The molecule has 5 aliphatic heterocycles. The zero-order valence-corrected chi connectivity index (χ0v) is 29.5. The van der Waals surface area contributed by atoms with E-state index in [0.717, 1.165) is 50.1 Å². The normalized spacial score (nSPS) is 22.9. The van der Waals surface area contributed by atoms with Crippen molar-refractivity contribution in [2.24, 2.45) is 0 Å². The molecule has 52 heavy (non-hydrogen) atoms. The number of piperidine rings is 3. The van der Waals surface area contributed by atoms with E-state index >= 15 is 4.39 Å². The average molecular weight is 733 g/mol. The molecule has 0 saturated carbocycles. The molecule has 3 N–H and O–H groups in total. The lowest BCUT2D eigenvalue weighted by Crippen LogP contribution is -2.52. The van der Waals surface area contributed by atoms with Crippen LogP contribution in [0.5, 0.6) is 5.75 Å². The molecule has 4 saturated heterocycles. The van der Waals surface area contributed by atoms with Gasteiger partial charge in [-0.3, -0.25) is 29.4 Å². The van der Waals surface area contributed by atoms with Gasteiger partial charge < -0.3 is 14.9 Å². The molecule has 0 aromatic heterocycles. The monoisotopic (exact) mass is 732 g/mol. The third kappa shape index (κ3) is 6.33. The van der Waals surface area contributed by atoms with Crippen molar-refractivity contribution >= 4 is 56.0 Å². The van der Waals surface area contributed by atoms with E-state index in [0.29, 0.717) is 60.9 Å². The number of phenols is 1. The number of likely N-dealkylation sites (tertiary alicyclic amines) is 2. The van der Waals surface area contributed by atoms with E-state index in [4.69, 9.17) is 0 Å². The van der Waals surface area contributed by atoms with Gasteiger partial charge in [-0.05, 0) is 104 Å². The van der Waals surface area contributed by atoms with Crippen molar-refractivity contribution in [1.82, 2.24) is 19.8 Å². The Kier molecular flexibility index (Phi) is 8.80. The first-order valence-electron chi connectivity index (χ1n) is 18.0. The molecule has 274 valence electrons. The average Bonchev–Trinajstić information content (AvgIpc) is 3.66. The van der Waals surface area contributed by atoms with E-state index < -0.39 is 39.9 Å². The Balaban J connectivity index is 0.848. The van der Waals surface area contributed by atoms with E-state index in [9.17, 15) is 32.7 Å². The van der Waals surface area contributed by atoms with Crippen molar-refractivity contribution in [3.63, 3.8) is 0 Å². The fraction of sp³-hybridized carbons (Fsp3) is 0.459. The highest BCUT2D eigenvalue weighted by Gasteiger charge is 2.39. The number of hydrogen-bond donors (Lipinski definition) is 3. The van der Waals surface area contributed by atoms with Crippen molar-refractivity contribution in [3.8, 4) is 5.75 Å². The minimum atomic E-state index is -4.31. The van der Waals surface area contributed by atoms with Crippen LogP contribution in [0.2, 0.25) is 0 Å². The Morgan fingerprint density at radius 3 is 2.23 bits per heavy atom. The number of halogens is 1. The van der Waals surface area contributed by atoms with Crippen LogP contribution in [0, 0.1) is 5.82 Å². The third-order valence-electron chi connectivity index (χ3n) is 11.5. The molecule has 0 aliphatic carbocycles. The molecule has 8 rings (SSSR count). The zero-order valence-electron chi connectivity index (χ0n) is 28.6. The van der Waals surface area contributed by atoms with Crippen molar-refractivity contribution in [2.75, 3.05) is 55.0 Å². The number of nitrogens with zero attached hydrogens (tertiary/aromatic N) is 4. The second-order valence-electron chi connectivity index (χ2n) is 14.6. The Labute approximate surface area is 300 Å². The Hall–Kier alpha value is -4.76. The number of amides is 4. The fourth-order valence-electron chi connectivity index (χ4n) is 8.66. The summed E-state index contributed by atoms with van der Waals surface area (Å²) in [6.07, 6.45) is 5.09. The van der Waals surface area contributed by atoms with Gasteiger partial charge in [-0.25, -0.2) is 13.4 Å². The number of hydrogen-bond acceptors (Lipinski definition) is 9. The summed E-state index contributed by atoms with van der Waals surface area (Å²) in [4.78, 5) is 55.5. The van der Waals surface area contributed by atoms with Crippen LogP contribution < -0.4 is 19.2 Å². The Morgan fingerprint density at radius 1 is 0.846 bits per heavy atom. The number of carbonyl (C=O) groups excluding carboxylic acids is 4. The second kappa shape index (κ2) is 13.3. The molecular formula is C37H41FN6O7S. The minimum Gasteiger partial charge on any atom is -0.506 e. The van der Waals surface area contributed by atoms with E-state index in [1.54, 1.807) is 16.9 Å². The number of phenolic OH excluding ortho intramolecular Hbond substituents is 1. The van der Waals surface area contributed by atoms with Gasteiger partial charge in [0.25, 0.3) is 5.91 Å². The number of fused-ring (bicyclic) bond motifs is 2. The van der Waals surface area contributed by atoms with Crippen molar-refractivity contribution in [1.29, 1.82) is 0 Å². The smallest absolute Gasteiger partial charge is 0.326 e. The number of benzene rings is 3. The van der Waals surface area contributed by atoms with Crippen molar-refractivity contribution < 1.29 is 37.1 Å². The molecule has 0 spiro atoms. The minimum absolute atomic E-state index is 0.0723. The van der Waals surface area contributed by atoms with Crippen LogP contribution in [-0.2, 0) is 35.8 Å². The van der Waals surface area contributed by atoms with Gasteiger partial charge in [0.15, 0.2) is 5.82 Å². The van der Waals surface area contributed by atoms with Crippen LogP contribution in [0.4, 0.5) is 15.8 Å². The molecule has 4 fully saturated rings. The maximum atomic E-state index is 15.8. The number of aromatic hydroxyl groups is 1. The third-order valence-corrected chi connectivity index (χ3v) is 12.9. The fourth-order valence-corrected chi connectivity index (χ4v) is 9.83. The van der Waals surface area contributed by atoms with Gasteiger partial charge in [0, 0.05) is 37.1 Å². The van der Waals surface area contributed by atoms with Gasteiger partial charge >= 0.3 is 10.2 Å². The first kappa shape index (κ1) is 34.3. The predicted molar refractivity (Wildman–Crippen MR) is 191 cm³/mol. The lowest BCUT2D eigenvalue weighted by molar-refractivity contribution is -0.135. The van der Waals surface area contributed by atoms with E-state index in [-0.39, 0.29) is 35.1 Å². The summed E-state index contributed by atoms with van der Waals surface area (Å²) in [5.74, 6) is -2.13. The molecule has 3 aromatic rings. The summed E-state index contributed by atoms with van der Waals surface area (Å²) in [6, 6.07) is 12.8. The maximum Gasteiger partial charge on any atom is 0.326 e. The highest BCUT2D eigenvalue weighted by Crippen LogP contribution is 2.41. The first-order valence-corrected chi connectivity index (χ1v) is 19.4. The Morgan fingerprint density at radius 2 is 1.54 bits per heavy atom. The maximum absolute atomic E-state index is 15.8. The number of carbonyl (C=O) groups is 4. The quantitative estimate of drug-likeness (QED) is 0.324. The van der Waals surface area contributed by atoms with Gasteiger partial charge in [0.1, 0.15) is 24.0 Å². The van der Waals surface area contributed by atoms with Crippen LogP contribution in [0.25, 0.3) is 10.8 Å². The molecule has 1 atom stereocenters. The molecule has 5 heterocycles. The molecule has 1 unspecified atom stereocenters. The van der Waals surface area contributed by atoms with Gasteiger partial charge in [-0.15, -0.1) is 0 Å². The summed E-state index contributed by atoms with van der Waals surface area (Å²) in [7, 11) is -4.31. The topological polar surface area (TPSA) is 160 Å². The van der Waals surface area contributed by atoms with E-state index in [1.165, 1.54) is 17.2 Å². The van der Waals surface area contributed by atoms with Gasteiger partial charge in [0.05, 0.1) is 6.54 Å². The van der Waals surface area contributed by atoms with Gasteiger partial charge in [-0.1, -0.05) is 24.3 Å². The largest absolute Gasteiger partial charge is 0.506 e. The number of rotatable bonds is 6. The van der Waals surface area contributed by atoms with Crippen LogP contribution in [0.3, 0.4) is 0 Å². The lowest BCUT2D eigenvalue weighted by Gasteiger charge is -2.36. The molecule has 13 nitrogen and oxygen atoms in total. The molecule has 5 aliphatic rings. The van der Waals surface area contributed by atoms with Crippen molar-refractivity contribution in [3.05, 3.63) is 65.0 Å². The number of nitrogens with one attached hydrogen (secondary N) is 2. The van der Waals surface area contributed by atoms with E-state index in [2.05, 4.69) is 33.3 Å². The summed E-state index contributed by atoms with van der Waals surface area (Å²) in [6.45, 7) is 3.33. The molecule has 15 heteroatoms. The molecule has 0 radical (unpaired) electrons. The second-order valence-corrected chi connectivity index (χ2v) is 16.2. The van der Waals surface area contributed by atoms with Crippen molar-refractivity contribution in [2.45, 2.75) is 62.8 Å². The van der Waals surface area contributed by atoms with Crippen LogP contribution in [-0.4, -0.2) is 98.8 Å².